The zero-order chi connectivity index (χ0) is 25.8. The number of hydrogen-bond acceptors (Lipinski definition) is 8. The first kappa shape index (κ1) is 28.9. The van der Waals surface area contributed by atoms with Crippen LogP contribution in [-0.4, -0.2) is 82.4 Å². The average molecular weight is 501 g/mol. The number of rotatable bonds is 15. The van der Waals surface area contributed by atoms with Gasteiger partial charge in [0.1, 0.15) is 12.1 Å². The molecule has 1 rings (SSSR count). The minimum Gasteiger partial charge on any atom is -0.368 e. The van der Waals surface area contributed by atoms with Gasteiger partial charge in [0.25, 0.3) is 0 Å². The molecule has 3 atom stereocenters. The van der Waals surface area contributed by atoms with Crippen LogP contribution in [-0.2, 0) is 33.6 Å². The van der Waals surface area contributed by atoms with Crippen LogP contribution in [0.3, 0.4) is 0 Å². The average Bonchev–Trinajstić information content (AvgIpc) is 3.00. The van der Waals surface area contributed by atoms with E-state index in [2.05, 4.69) is 16.0 Å². The van der Waals surface area contributed by atoms with Crippen molar-refractivity contribution in [1.82, 2.24) is 20.9 Å². The van der Waals surface area contributed by atoms with Crippen LogP contribution in [0.1, 0.15) is 46.0 Å². The number of unbranched alkanes of at least 4 members (excludes halogenated alkanes) is 1. The highest BCUT2D eigenvalue weighted by Crippen LogP contribution is 2.26. The summed E-state index contributed by atoms with van der Waals surface area (Å²) >= 11 is 1.05. The number of carbonyl (C=O) groups is 7. The molecule has 1 saturated heterocycles. The molecule has 0 aromatic carbocycles. The van der Waals surface area contributed by atoms with Crippen molar-refractivity contribution in [3.63, 3.8) is 0 Å². The van der Waals surface area contributed by atoms with E-state index in [4.69, 9.17) is 11.5 Å². The number of hydrogen-bond donors (Lipinski definition) is 5. The standard InChI is InChI=1S/C20H32N6O7S/c1-11(27)24-13(18(21)31)5-3-4-7-23-16(29)6-8-26-17(30)9-15(20(26)33)34-10-14(19(22)32)25-12(2)28/h13-15H,3-10H2,1-2H3,(H2,21,31)(H2,22,32)(H,23,29)(H,24,27)(H,25,28). The number of carbonyl (C=O) groups excluding carboxylic acids is 7. The van der Waals surface area contributed by atoms with Crippen LogP contribution in [0.2, 0.25) is 0 Å². The van der Waals surface area contributed by atoms with Crippen molar-refractivity contribution >= 4 is 53.1 Å². The van der Waals surface area contributed by atoms with E-state index in [9.17, 15) is 33.6 Å². The zero-order valence-electron chi connectivity index (χ0n) is 19.3. The summed E-state index contributed by atoms with van der Waals surface area (Å²) in [4.78, 5) is 82.7. The Kier molecular flexibility index (Phi) is 12.0. The number of likely N-dealkylation sites (tertiary alicyclic amines) is 1. The van der Waals surface area contributed by atoms with Crippen molar-refractivity contribution in [3.05, 3.63) is 0 Å². The maximum Gasteiger partial charge on any atom is 0.242 e. The Morgan fingerprint density at radius 2 is 1.59 bits per heavy atom. The number of primary amides is 2. The summed E-state index contributed by atoms with van der Waals surface area (Å²) in [5.74, 6) is -3.33. The van der Waals surface area contributed by atoms with E-state index in [1.54, 1.807) is 0 Å². The topological polar surface area (TPSA) is 211 Å². The Morgan fingerprint density at radius 1 is 1.00 bits per heavy atom. The van der Waals surface area contributed by atoms with Gasteiger partial charge in [0.2, 0.25) is 41.4 Å². The van der Waals surface area contributed by atoms with Crippen LogP contribution in [0.5, 0.6) is 0 Å². The van der Waals surface area contributed by atoms with Crippen LogP contribution in [0.25, 0.3) is 0 Å². The van der Waals surface area contributed by atoms with Gasteiger partial charge in [-0.2, -0.15) is 0 Å². The quantitative estimate of drug-likeness (QED) is 0.119. The molecule has 0 radical (unpaired) electrons. The Balaban J connectivity index is 2.36. The van der Waals surface area contributed by atoms with E-state index in [-0.39, 0.29) is 37.0 Å². The lowest BCUT2D eigenvalue weighted by atomic mass is 10.1. The maximum absolute atomic E-state index is 12.5. The van der Waals surface area contributed by atoms with Crippen molar-refractivity contribution in [2.45, 2.75) is 63.3 Å². The number of thioether (sulfide) groups is 1. The SMILES string of the molecule is CC(=O)NC(CCCCNC(=O)CCN1C(=O)CC(SCC(NC(C)=O)C(N)=O)C1=O)C(N)=O. The summed E-state index contributed by atoms with van der Waals surface area (Å²) in [6.07, 6.45) is 1.30. The van der Waals surface area contributed by atoms with Gasteiger partial charge in [-0.1, -0.05) is 0 Å². The lowest BCUT2D eigenvalue weighted by Crippen LogP contribution is -2.45. The molecule has 0 aromatic rings. The summed E-state index contributed by atoms with van der Waals surface area (Å²) in [5.41, 5.74) is 10.5. The summed E-state index contributed by atoms with van der Waals surface area (Å²) in [5, 5.41) is 6.81. The lowest BCUT2D eigenvalue weighted by Gasteiger charge is -2.17. The molecule has 7 N–H and O–H groups in total. The second-order valence-electron chi connectivity index (χ2n) is 7.82. The molecule has 14 heteroatoms. The van der Waals surface area contributed by atoms with Crippen LogP contribution < -0.4 is 27.4 Å². The minimum atomic E-state index is -0.957. The molecule has 0 saturated carbocycles. The first-order chi connectivity index (χ1) is 15.9. The fraction of sp³-hybridized carbons (Fsp3) is 0.650. The molecule has 1 fully saturated rings. The van der Waals surface area contributed by atoms with Crippen molar-refractivity contribution in [3.8, 4) is 0 Å². The third kappa shape index (κ3) is 10.2. The van der Waals surface area contributed by atoms with E-state index in [1.165, 1.54) is 13.8 Å². The van der Waals surface area contributed by atoms with E-state index in [0.29, 0.717) is 25.8 Å². The summed E-state index contributed by atoms with van der Waals surface area (Å²) in [6, 6.07) is -1.72. The Bertz CT molecular complexity index is 821. The van der Waals surface area contributed by atoms with Gasteiger partial charge in [0.15, 0.2) is 0 Å². The molecule has 1 aliphatic rings. The molecule has 0 aromatic heterocycles. The fourth-order valence-electron chi connectivity index (χ4n) is 3.20. The smallest absolute Gasteiger partial charge is 0.242 e. The Morgan fingerprint density at radius 3 is 2.15 bits per heavy atom. The summed E-state index contributed by atoms with van der Waals surface area (Å²) in [6.45, 7) is 2.78. The molecular weight excluding hydrogens is 468 g/mol. The van der Waals surface area contributed by atoms with Crippen molar-refractivity contribution in [1.29, 1.82) is 0 Å². The van der Waals surface area contributed by atoms with Crippen LogP contribution in [0, 0.1) is 0 Å². The lowest BCUT2D eigenvalue weighted by molar-refractivity contribution is -0.138. The Labute approximate surface area is 201 Å². The monoisotopic (exact) mass is 500 g/mol. The number of nitrogens with two attached hydrogens (primary N) is 2. The molecule has 190 valence electrons. The molecule has 0 aliphatic carbocycles. The van der Waals surface area contributed by atoms with Crippen molar-refractivity contribution in [2.24, 2.45) is 11.5 Å². The van der Waals surface area contributed by atoms with Crippen LogP contribution >= 0.6 is 11.8 Å². The largest absolute Gasteiger partial charge is 0.368 e. The summed E-state index contributed by atoms with van der Waals surface area (Å²) < 4.78 is 0. The molecule has 13 nitrogen and oxygen atoms in total. The van der Waals surface area contributed by atoms with Crippen LogP contribution in [0.4, 0.5) is 0 Å². The normalized spacial score (nSPS) is 17.1. The molecule has 1 heterocycles. The predicted molar refractivity (Wildman–Crippen MR) is 123 cm³/mol. The highest BCUT2D eigenvalue weighted by Gasteiger charge is 2.39. The fourth-order valence-corrected chi connectivity index (χ4v) is 4.41. The molecule has 1 aliphatic heterocycles. The summed E-state index contributed by atoms with van der Waals surface area (Å²) in [7, 11) is 0. The van der Waals surface area contributed by atoms with Gasteiger partial charge in [0.05, 0.1) is 5.25 Å². The molecule has 0 bridgehead atoms. The first-order valence-electron chi connectivity index (χ1n) is 10.8. The second-order valence-corrected chi connectivity index (χ2v) is 9.05. The van der Waals surface area contributed by atoms with Gasteiger partial charge in [-0.25, -0.2) is 0 Å². The zero-order valence-corrected chi connectivity index (χ0v) is 20.1. The van der Waals surface area contributed by atoms with Gasteiger partial charge < -0.3 is 27.4 Å². The maximum atomic E-state index is 12.5. The molecule has 0 spiro atoms. The van der Waals surface area contributed by atoms with Gasteiger partial charge in [0, 0.05) is 45.5 Å². The van der Waals surface area contributed by atoms with Crippen LogP contribution in [0.15, 0.2) is 0 Å². The van der Waals surface area contributed by atoms with E-state index >= 15 is 0 Å². The number of imide groups is 1. The van der Waals surface area contributed by atoms with Gasteiger partial charge >= 0.3 is 0 Å². The van der Waals surface area contributed by atoms with E-state index in [1.807, 2.05) is 0 Å². The Hall–Kier alpha value is -3.16. The van der Waals surface area contributed by atoms with E-state index < -0.39 is 46.9 Å². The number of nitrogens with one attached hydrogen (secondary N) is 3. The van der Waals surface area contributed by atoms with Gasteiger partial charge in [-0.15, -0.1) is 11.8 Å². The highest BCUT2D eigenvalue weighted by molar-refractivity contribution is 8.00. The van der Waals surface area contributed by atoms with E-state index in [0.717, 1.165) is 16.7 Å². The first-order valence-corrected chi connectivity index (χ1v) is 11.8. The van der Waals surface area contributed by atoms with Gasteiger partial charge in [-0.05, 0) is 19.3 Å². The van der Waals surface area contributed by atoms with Gasteiger partial charge in [-0.3, -0.25) is 38.5 Å². The molecule has 7 amide bonds. The number of amides is 7. The highest BCUT2D eigenvalue weighted by atomic mass is 32.2. The molecule has 3 unspecified atom stereocenters. The molecular formula is C20H32N6O7S. The number of nitrogens with zero attached hydrogens (tertiary/aromatic N) is 1. The predicted octanol–water partition coefficient (Wildman–Crippen LogP) is -2.50. The van der Waals surface area contributed by atoms with Crippen molar-refractivity contribution < 1.29 is 33.6 Å². The third-order valence-electron chi connectivity index (χ3n) is 4.91. The third-order valence-corrected chi connectivity index (χ3v) is 6.21. The van der Waals surface area contributed by atoms with Crippen molar-refractivity contribution in [2.75, 3.05) is 18.8 Å². The minimum absolute atomic E-state index is 0.0471. The second kappa shape index (κ2) is 14.2. The molecule has 34 heavy (non-hydrogen) atoms.